The van der Waals surface area contributed by atoms with Crippen molar-refractivity contribution >= 4 is 17.5 Å². The van der Waals surface area contributed by atoms with Crippen LogP contribution in [0.15, 0.2) is 48.5 Å². The SMILES string of the molecule is CCCCOc1cccc(C(=O)Nc2cccc(CCC(=O)N(C)C)c2)c1. The van der Waals surface area contributed by atoms with Crippen molar-refractivity contribution in [3.05, 3.63) is 59.7 Å². The van der Waals surface area contributed by atoms with Crippen molar-refractivity contribution in [3.63, 3.8) is 0 Å². The zero-order valence-corrected chi connectivity index (χ0v) is 16.3. The molecule has 5 heteroatoms. The van der Waals surface area contributed by atoms with Gasteiger partial charge in [-0.3, -0.25) is 9.59 Å². The van der Waals surface area contributed by atoms with E-state index in [1.54, 1.807) is 31.1 Å². The second-order valence-electron chi connectivity index (χ2n) is 6.67. The number of ether oxygens (including phenoxy) is 1. The number of hydrogen-bond acceptors (Lipinski definition) is 3. The van der Waals surface area contributed by atoms with Crippen LogP contribution in [0.2, 0.25) is 0 Å². The van der Waals surface area contributed by atoms with Gasteiger partial charge in [0.1, 0.15) is 5.75 Å². The molecule has 27 heavy (non-hydrogen) atoms. The van der Waals surface area contributed by atoms with Crippen molar-refractivity contribution in [2.24, 2.45) is 0 Å². The van der Waals surface area contributed by atoms with Crippen LogP contribution in [0, 0.1) is 0 Å². The van der Waals surface area contributed by atoms with E-state index < -0.39 is 0 Å². The van der Waals surface area contributed by atoms with Gasteiger partial charge in [0.05, 0.1) is 6.61 Å². The largest absolute Gasteiger partial charge is 0.494 e. The number of amides is 2. The van der Waals surface area contributed by atoms with Crippen molar-refractivity contribution in [3.8, 4) is 5.75 Å². The lowest BCUT2D eigenvalue weighted by atomic mass is 10.1. The molecule has 0 atom stereocenters. The van der Waals surface area contributed by atoms with Crippen LogP contribution in [0.25, 0.3) is 0 Å². The maximum atomic E-state index is 12.5. The third-order valence-electron chi connectivity index (χ3n) is 4.17. The van der Waals surface area contributed by atoms with Gasteiger partial charge in [-0.05, 0) is 48.7 Å². The summed E-state index contributed by atoms with van der Waals surface area (Å²) >= 11 is 0. The molecule has 0 fully saturated rings. The Morgan fingerprint density at radius 3 is 2.59 bits per heavy atom. The van der Waals surface area contributed by atoms with Gasteiger partial charge in [-0.25, -0.2) is 0 Å². The zero-order chi connectivity index (χ0) is 19.6. The molecule has 5 nitrogen and oxygen atoms in total. The van der Waals surface area contributed by atoms with Gasteiger partial charge in [0, 0.05) is 31.8 Å². The molecule has 0 unspecified atom stereocenters. The quantitative estimate of drug-likeness (QED) is 0.677. The zero-order valence-electron chi connectivity index (χ0n) is 16.3. The topological polar surface area (TPSA) is 58.6 Å². The molecular weight excluding hydrogens is 340 g/mol. The molecule has 0 heterocycles. The van der Waals surface area contributed by atoms with Crippen LogP contribution in [0.1, 0.15) is 42.1 Å². The molecule has 2 amide bonds. The summed E-state index contributed by atoms with van der Waals surface area (Å²) in [6.45, 7) is 2.76. The number of anilines is 1. The first-order valence-electron chi connectivity index (χ1n) is 9.33. The maximum absolute atomic E-state index is 12.5. The van der Waals surface area contributed by atoms with Crippen LogP contribution in [-0.4, -0.2) is 37.4 Å². The molecule has 2 aromatic carbocycles. The van der Waals surface area contributed by atoms with Crippen molar-refractivity contribution in [1.29, 1.82) is 0 Å². The number of benzene rings is 2. The van der Waals surface area contributed by atoms with E-state index in [0.29, 0.717) is 36.4 Å². The summed E-state index contributed by atoms with van der Waals surface area (Å²) < 4.78 is 5.66. The molecule has 0 radical (unpaired) electrons. The van der Waals surface area contributed by atoms with Gasteiger partial charge in [0.25, 0.3) is 5.91 Å². The first-order valence-corrected chi connectivity index (χ1v) is 9.33. The van der Waals surface area contributed by atoms with Crippen molar-refractivity contribution in [2.75, 3.05) is 26.0 Å². The third kappa shape index (κ3) is 6.77. The molecule has 2 aromatic rings. The minimum atomic E-state index is -0.183. The Kier molecular flexibility index (Phi) is 7.86. The van der Waals surface area contributed by atoms with Crippen molar-refractivity contribution in [2.45, 2.75) is 32.6 Å². The first kappa shape index (κ1) is 20.5. The molecule has 1 N–H and O–H groups in total. The fourth-order valence-corrected chi connectivity index (χ4v) is 2.54. The lowest BCUT2D eigenvalue weighted by Gasteiger charge is -2.11. The number of rotatable bonds is 9. The Morgan fingerprint density at radius 1 is 1.07 bits per heavy atom. The van der Waals surface area contributed by atoms with Crippen LogP contribution in [-0.2, 0) is 11.2 Å². The normalized spacial score (nSPS) is 10.3. The van der Waals surface area contributed by atoms with E-state index in [1.807, 2.05) is 36.4 Å². The predicted molar refractivity (Wildman–Crippen MR) is 108 cm³/mol. The maximum Gasteiger partial charge on any atom is 0.255 e. The van der Waals surface area contributed by atoms with Crippen molar-refractivity contribution in [1.82, 2.24) is 4.90 Å². The molecule has 2 rings (SSSR count). The first-order chi connectivity index (χ1) is 13.0. The summed E-state index contributed by atoms with van der Waals surface area (Å²) in [5.74, 6) is 0.605. The van der Waals surface area contributed by atoms with Crippen LogP contribution in [0.4, 0.5) is 5.69 Å². The van der Waals surface area contributed by atoms with Gasteiger partial charge < -0.3 is 15.0 Å². The fraction of sp³-hybridized carbons (Fsp3) is 0.364. The molecule has 0 spiro atoms. The second-order valence-corrected chi connectivity index (χ2v) is 6.67. The summed E-state index contributed by atoms with van der Waals surface area (Å²) in [6.07, 6.45) is 3.14. The van der Waals surface area contributed by atoms with Crippen molar-refractivity contribution < 1.29 is 14.3 Å². The summed E-state index contributed by atoms with van der Waals surface area (Å²) in [5.41, 5.74) is 2.28. The molecule has 0 aliphatic heterocycles. The van der Waals surface area contributed by atoms with Crippen LogP contribution in [0.3, 0.4) is 0 Å². The molecule has 0 saturated carbocycles. The molecule has 0 aliphatic rings. The monoisotopic (exact) mass is 368 g/mol. The number of carbonyl (C=O) groups is 2. The number of unbranched alkanes of at least 4 members (excludes halogenated alkanes) is 1. The van der Waals surface area contributed by atoms with Gasteiger partial charge in [-0.15, -0.1) is 0 Å². The Hall–Kier alpha value is -2.82. The second kappa shape index (κ2) is 10.4. The summed E-state index contributed by atoms with van der Waals surface area (Å²) in [6, 6.07) is 14.8. The van der Waals surface area contributed by atoms with Gasteiger partial charge in [-0.2, -0.15) is 0 Å². The van der Waals surface area contributed by atoms with E-state index >= 15 is 0 Å². The molecule has 0 saturated heterocycles. The average Bonchev–Trinajstić information content (AvgIpc) is 2.66. The summed E-state index contributed by atoms with van der Waals surface area (Å²) in [5, 5.41) is 2.91. The lowest BCUT2D eigenvalue weighted by Crippen LogP contribution is -2.21. The van der Waals surface area contributed by atoms with Gasteiger partial charge in [0.2, 0.25) is 5.91 Å². The van der Waals surface area contributed by atoms with Gasteiger partial charge in [0.15, 0.2) is 0 Å². The van der Waals surface area contributed by atoms with E-state index in [2.05, 4.69) is 12.2 Å². The number of nitrogens with one attached hydrogen (secondary N) is 1. The number of nitrogens with zero attached hydrogens (tertiary/aromatic N) is 1. The highest BCUT2D eigenvalue weighted by molar-refractivity contribution is 6.04. The van der Waals surface area contributed by atoms with Gasteiger partial charge in [-0.1, -0.05) is 31.5 Å². The minimum Gasteiger partial charge on any atom is -0.494 e. The van der Waals surface area contributed by atoms with Crippen LogP contribution < -0.4 is 10.1 Å². The standard InChI is InChI=1S/C22H28N2O3/c1-4-5-14-27-20-11-7-9-18(16-20)22(26)23-19-10-6-8-17(15-19)12-13-21(25)24(2)3/h6-11,15-16H,4-5,12-14H2,1-3H3,(H,23,26). The molecular formula is C22H28N2O3. The molecule has 144 valence electrons. The Bertz CT molecular complexity index is 772. The van der Waals surface area contributed by atoms with Crippen LogP contribution >= 0.6 is 0 Å². The fourth-order valence-electron chi connectivity index (χ4n) is 2.54. The molecule has 0 bridgehead atoms. The Morgan fingerprint density at radius 2 is 1.85 bits per heavy atom. The highest BCUT2D eigenvalue weighted by Gasteiger charge is 2.09. The Labute approximate surface area is 161 Å². The summed E-state index contributed by atoms with van der Waals surface area (Å²) in [4.78, 5) is 25.9. The molecule has 0 aromatic heterocycles. The summed E-state index contributed by atoms with van der Waals surface area (Å²) in [7, 11) is 3.50. The van der Waals surface area contributed by atoms with Gasteiger partial charge >= 0.3 is 0 Å². The Balaban J connectivity index is 1.98. The number of aryl methyl sites for hydroxylation is 1. The van der Waals surface area contributed by atoms with Crippen LogP contribution in [0.5, 0.6) is 5.75 Å². The smallest absolute Gasteiger partial charge is 0.255 e. The van der Waals surface area contributed by atoms with E-state index in [4.69, 9.17) is 4.74 Å². The molecule has 0 aliphatic carbocycles. The highest BCUT2D eigenvalue weighted by atomic mass is 16.5. The average molecular weight is 368 g/mol. The highest BCUT2D eigenvalue weighted by Crippen LogP contribution is 2.17. The van der Waals surface area contributed by atoms with E-state index in [9.17, 15) is 9.59 Å². The number of hydrogen-bond donors (Lipinski definition) is 1. The van der Waals surface area contributed by atoms with E-state index in [-0.39, 0.29) is 11.8 Å². The number of carbonyl (C=O) groups excluding carboxylic acids is 2. The van der Waals surface area contributed by atoms with E-state index in [0.717, 1.165) is 18.4 Å². The predicted octanol–water partition coefficient (Wildman–Crippen LogP) is 4.14. The third-order valence-corrected chi connectivity index (χ3v) is 4.17. The minimum absolute atomic E-state index is 0.0873. The lowest BCUT2D eigenvalue weighted by molar-refractivity contribution is -0.128. The van der Waals surface area contributed by atoms with E-state index in [1.165, 1.54) is 0 Å².